The third-order valence-corrected chi connectivity index (χ3v) is 5.84. The third-order valence-electron chi connectivity index (χ3n) is 5.84. The van der Waals surface area contributed by atoms with E-state index in [2.05, 4.69) is 35.3 Å². The van der Waals surface area contributed by atoms with Crippen molar-refractivity contribution in [3.63, 3.8) is 0 Å². The van der Waals surface area contributed by atoms with Gasteiger partial charge in [-0.15, -0.1) is 0 Å². The van der Waals surface area contributed by atoms with Crippen LogP contribution in [-0.2, 0) is 24.3 Å². The molecule has 2 heterocycles. The van der Waals surface area contributed by atoms with E-state index < -0.39 is 0 Å². The highest BCUT2D eigenvalue weighted by Crippen LogP contribution is 2.30. The second kappa shape index (κ2) is 9.31. The average Bonchev–Trinajstić information content (AvgIpc) is 2.75. The standard InChI is InChI=1S/C24H30N2O3/c1-18-8-10-26(11-9-18)17-21-5-3-2-4-20(21)16-25-24(27)15-19-6-7-22-23(14-19)29-13-12-28-22/h2-7,14,18H,8-13,15-17H2,1H3,(H,25,27). The molecule has 1 N–H and O–H groups in total. The number of rotatable bonds is 6. The predicted octanol–water partition coefficient (Wildman–Crippen LogP) is 3.55. The Morgan fingerprint density at radius 2 is 1.76 bits per heavy atom. The van der Waals surface area contributed by atoms with Crippen LogP contribution in [-0.4, -0.2) is 37.1 Å². The van der Waals surface area contributed by atoms with E-state index in [1.54, 1.807) is 0 Å². The Hall–Kier alpha value is -2.53. The van der Waals surface area contributed by atoms with Gasteiger partial charge in [0, 0.05) is 13.1 Å². The van der Waals surface area contributed by atoms with E-state index in [0.717, 1.165) is 42.6 Å². The van der Waals surface area contributed by atoms with Crippen LogP contribution >= 0.6 is 0 Å². The zero-order chi connectivity index (χ0) is 20.1. The first-order valence-corrected chi connectivity index (χ1v) is 10.6. The highest BCUT2D eigenvalue weighted by molar-refractivity contribution is 5.78. The van der Waals surface area contributed by atoms with E-state index in [1.165, 1.54) is 24.0 Å². The third kappa shape index (κ3) is 5.30. The number of fused-ring (bicyclic) bond motifs is 1. The second-order valence-electron chi connectivity index (χ2n) is 8.16. The molecule has 29 heavy (non-hydrogen) atoms. The number of ether oxygens (including phenoxy) is 2. The summed E-state index contributed by atoms with van der Waals surface area (Å²) in [5, 5.41) is 3.08. The molecule has 1 fully saturated rings. The van der Waals surface area contributed by atoms with Crippen molar-refractivity contribution in [2.75, 3.05) is 26.3 Å². The summed E-state index contributed by atoms with van der Waals surface area (Å²) in [6, 6.07) is 14.1. The van der Waals surface area contributed by atoms with Gasteiger partial charge >= 0.3 is 0 Å². The fourth-order valence-corrected chi connectivity index (χ4v) is 3.98. The highest BCUT2D eigenvalue weighted by Gasteiger charge is 2.17. The van der Waals surface area contributed by atoms with Gasteiger partial charge in [0.25, 0.3) is 0 Å². The maximum atomic E-state index is 12.5. The number of hydrogen-bond donors (Lipinski definition) is 1. The molecule has 2 aliphatic heterocycles. The molecule has 1 amide bonds. The summed E-state index contributed by atoms with van der Waals surface area (Å²) in [5.74, 6) is 2.33. The number of nitrogens with one attached hydrogen (secondary N) is 1. The quantitative estimate of drug-likeness (QED) is 0.814. The summed E-state index contributed by atoms with van der Waals surface area (Å²) < 4.78 is 11.1. The van der Waals surface area contributed by atoms with E-state index >= 15 is 0 Å². The molecule has 0 bridgehead atoms. The van der Waals surface area contributed by atoms with Crippen LogP contribution in [0.15, 0.2) is 42.5 Å². The molecule has 2 aliphatic rings. The van der Waals surface area contributed by atoms with E-state index in [9.17, 15) is 4.79 Å². The van der Waals surface area contributed by atoms with E-state index in [4.69, 9.17) is 9.47 Å². The molecule has 0 aliphatic carbocycles. The smallest absolute Gasteiger partial charge is 0.224 e. The summed E-state index contributed by atoms with van der Waals surface area (Å²) in [6.45, 7) is 7.29. The van der Waals surface area contributed by atoms with Crippen molar-refractivity contribution in [2.24, 2.45) is 5.92 Å². The number of likely N-dealkylation sites (tertiary alicyclic amines) is 1. The topological polar surface area (TPSA) is 50.8 Å². The molecule has 5 nitrogen and oxygen atoms in total. The number of piperidine rings is 1. The fraction of sp³-hybridized carbons (Fsp3) is 0.458. The SMILES string of the molecule is CC1CCN(Cc2ccccc2CNC(=O)Cc2ccc3c(c2)OCCO3)CC1. The lowest BCUT2D eigenvalue weighted by molar-refractivity contribution is -0.120. The first-order valence-electron chi connectivity index (χ1n) is 10.6. The molecular weight excluding hydrogens is 364 g/mol. The average molecular weight is 395 g/mol. The van der Waals surface area contributed by atoms with E-state index in [1.807, 2.05) is 24.3 Å². The van der Waals surface area contributed by atoms with Gasteiger partial charge in [0.15, 0.2) is 11.5 Å². The number of carbonyl (C=O) groups is 1. The fourth-order valence-electron chi connectivity index (χ4n) is 3.98. The van der Waals surface area contributed by atoms with Gasteiger partial charge in [-0.3, -0.25) is 9.69 Å². The summed E-state index contributed by atoms with van der Waals surface area (Å²) in [7, 11) is 0. The van der Waals surface area contributed by atoms with Gasteiger partial charge in [0.2, 0.25) is 5.91 Å². The molecule has 0 aromatic heterocycles. The molecule has 0 atom stereocenters. The normalized spacial score (nSPS) is 17.1. The highest BCUT2D eigenvalue weighted by atomic mass is 16.6. The van der Waals surface area contributed by atoms with Crippen molar-refractivity contribution in [3.05, 3.63) is 59.2 Å². The maximum Gasteiger partial charge on any atom is 0.224 e. The number of benzene rings is 2. The minimum Gasteiger partial charge on any atom is -0.486 e. The zero-order valence-corrected chi connectivity index (χ0v) is 17.2. The second-order valence-corrected chi connectivity index (χ2v) is 8.16. The molecule has 0 saturated carbocycles. The number of hydrogen-bond acceptors (Lipinski definition) is 4. The van der Waals surface area contributed by atoms with Crippen molar-refractivity contribution in [1.82, 2.24) is 10.2 Å². The van der Waals surface area contributed by atoms with Crippen LogP contribution in [0.3, 0.4) is 0 Å². The lowest BCUT2D eigenvalue weighted by Crippen LogP contribution is -2.33. The molecule has 1 saturated heterocycles. The number of amides is 1. The molecule has 0 spiro atoms. The Bertz CT molecular complexity index is 844. The van der Waals surface area contributed by atoms with Crippen LogP contribution < -0.4 is 14.8 Å². The van der Waals surface area contributed by atoms with Gasteiger partial charge in [0.05, 0.1) is 6.42 Å². The van der Waals surface area contributed by atoms with Crippen LogP contribution in [0.4, 0.5) is 0 Å². The van der Waals surface area contributed by atoms with Crippen molar-refractivity contribution in [3.8, 4) is 11.5 Å². The Morgan fingerprint density at radius 3 is 2.55 bits per heavy atom. The van der Waals surface area contributed by atoms with E-state index in [0.29, 0.717) is 26.2 Å². The number of nitrogens with zero attached hydrogens (tertiary/aromatic N) is 1. The maximum absolute atomic E-state index is 12.5. The van der Waals surface area contributed by atoms with Crippen molar-refractivity contribution in [1.29, 1.82) is 0 Å². The minimum atomic E-state index is 0.0169. The van der Waals surface area contributed by atoms with Crippen LogP contribution in [0.25, 0.3) is 0 Å². The molecule has 0 radical (unpaired) electrons. The molecular formula is C24H30N2O3. The van der Waals surface area contributed by atoms with Gasteiger partial charge in [-0.05, 0) is 60.7 Å². The van der Waals surface area contributed by atoms with Gasteiger partial charge in [0.1, 0.15) is 13.2 Å². The van der Waals surface area contributed by atoms with Gasteiger partial charge in [-0.25, -0.2) is 0 Å². The minimum absolute atomic E-state index is 0.0169. The zero-order valence-electron chi connectivity index (χ0n) is 17.2. The van der Waals surface area contributed by atoms with Crippen molar-refractivity contribution in [2.45, 2.75) is 39.3 Å². The summed E-state index contributed by atoms with van der Waals surface area (Å²) >= 11 is 0. The summed E-state index contributed by atoms with van der Waals surface area (Å²) in [5.41, 5.74) is 3.44. The van der Waals surface area contributed by atoms with Crippen LogP contribution in [0.5, 0.6) is 11.5 Å². The largest absolute Gasteiger partial charge is 0.486 e. The van der Waals surface area contributed by atoms with Crippen molar-refractivity contribution < 1.29 is 14.3 Å². The van der Waals surface area contributed by atoms with Crippen molar-refractivity contribution >= 4 is 5.91 Å². The summed E-state index contributed by atoms with van der Waals surface area (Å²) in [6.07, 6.45) is 2.88. The van der Waals surface area contributed by atoms with Crippen LogP contribution in [0.1, 0.15) is 36.5 Å². The van der Waals surface area contributed by atoms with Crippen LogP contribution in [0.2, 0.25) is 0 Å². The van der Waals surface area contributed by atoms with E-state index in [-0.39, 0.29) is 5.91 Å². The predicted molar refractivity (Wildman–Crippen MR) is 113 cm³/mol. The molecule has 4 rings (SSSR count). The first-order chi connectivity index (χ1) is 14.2. The lowest BCUT2D eigenvalue weighted by atomic mass is 9.98. The Morgan fingerprint density at radius 1 is 1.03 bits per heavy atom. The Labute approximate surface area is 173 Å². The first kappa shape index (κ1) is 19.8. The van der Waals surface area contributed by atoms with Crippen LogP contribution in [0, 0.1) is 5.92 Å². The molecule has 154 valence electrons. The van der Waals surface area contributed by atoms with Gasteiger partial charge in [-0.1, -0.05) is 37.3 Å². The molecule has 2 aromatic rings. The lowest BCUT2D eigenvalue weighted by Gasteiger charge is -2.30. The van der Waals surface area contributed by atoms with Gasteiger partial charge in [-0.2, -0.15) is 0 Å². The molecule has 2 aromatic carbocycles. The number of carbonyl (C=O) groups excluding carboxylic acids is 1. The molecule has 5 heteroatoms. The Balaban J connectivity index is 1.32. The monoisotopic (exact) mass is 394 g/mol. The van der Waals surface area contributed by atoms with Gasteiger partial charge < -0.3 is 14.8 Å². The summed E-state index contributed by atoms with van der Waals surface area (Å²) in [4.78, 5) is 15.0. The molecule has 0 unspecified atom stereocenters. The Kier molecular flexibility index (Phi) is 6.35.